The van der Waals surface area contributed by atoms with Gasteiger partial charge in [0.05, 0.1) is 0 Å². The van der Waals surface area contributed by atoms with Gasteiger partial charge in [-0.05, 0) is 44.2 Å². The molecule has 2 aliphatic heterocycles. The molecule has 112 valence electrons. The van der Waals surface area contributed by atoms with Gasteiger partial charge in [0, 0.05) is 37.3 Å². The molecule has 0 N–H and O–H groups in total. The molecular formula is C18H24N2O. The van der Waals surface area contributed by atoms with Gasteiger partial charge >= 0.3 is 0 Å². The van der Waals surface area contributed by atoms with Crippen LogP contribution in [0.15, 0.2) is 18.2 Å². The number of amides is 1. The number of hydrogen-bond donors (Lipinski definition) is 0. The normalized spacial score (nSPS) is 26.8. The summed E-state index contributed by atoms with van der Waals surface area (Å²) in [5, 5.41) is 0. The SMILES string of the molecule is Cc1ccc2c(c1)CCN([C@@H]1CCN(C3CCC3)C1)C2=O. The van der Waals surface area contributed by atoms with E-state index >= 15 is 0 Å². The third-order valence-electron chi connectivity index (χ3n) is 5.60. The summed E-state index contributed by atoms with van der Waals surface area (Å²) in [5.74, 6) is 0.261. The molecule has 0 spiro atoms. The molecule has 1 aromatic rings. The second-order valence-corrected chi connectivity index (χ2v) is 6.93. The van der Waals surface area contributed by atoms with Crippen molar-refractivity contribution in [3.8, 4) is 0 Å². The smallest absolute Gasteiger partial charge is 0.254 e. The number of carbonyl (C=O) groups is 1. The lowest BCUT2D eigenvalue weighted by molar-refractivity contribution is 0.0647. The number of hydrogen-bond acceptors (Lipinski definition) is 2. The summed E-state index contributed by atoms with van der Waals surface area (Å²) in [4.78, 5) is 17.5. The van der Waals surface area contributed by atoms with Gasteiger partial charge in [0.15, 0.2) is 0 Å². The lowest BCUT2D eigenvalue weighted by atomic mass is 9.92. The fourth-order valence-corrected chi connectivity index (χ4v) is 4.09. The van der Waals surface area contributed by atoms with Crippen LogP contribution in [0.25, 0.3) is 0 Å². The highest BCUT2D eigenvalue weighted by Crippen LogP contribution is 2.31. The van der Waals surface area contributed by atoms with Crippen molar-refractivity contribution in [2.45, 2.75) is 51.1 Å². The summed E-state index contributed by atoms with van der Waals surface area (Å²) < 4.78 is 0. The van der Waals surface area contributed by atoms with E-state index < -0.39 is 0 Å². The van der Waals surface area contributed by atoms with E-state index in [-0.39, 0.29) is 5.91 Å². The first-order valence-electron chi connectivity index (χ1n) is 8.37. The average Bonchev–Trinajstić information content (AvgIpc) is 2.86. The largest absolute Gasteiger partial charge is 0.334 e. The van der Waals surface area contributed by atoms with Crippen LogP contribution in [0.5, 0.6) is 0 Å². The van der Waals surface area contributed by atoms with Crippen molar-refractivity contribution in [1.82, 2.24) is 9.80 Å². The first-order chi connectivity index (χ1) is 10.2. The Morgan fingerprint density at radius 3 is 2.71 bits per heavy atom. The molecule has 1 amide bonds. The lowest BCUT2D eigenvalue weighted by Crippen LogP contribution is -2.47. The first kappa shape index (κ1) is 13.3. The Kier molecular flexibility index (Phi) is 3.26. The van der Waals surface area contributed by atoms with Crippen LogP contribution in [0.3, 0.4) is 0 Å². The number of fused-ring (bicyclic) bond motifs is 1. The standard InChI is InChI=1S/C18H24N2O/c1-13-5-6-17-14(11-13)7-10-20(18(17)21)16-8-9-19(12-16)15-3-2-4-15/h5-6,11,15-16H,2-4,7-10,12H2,1H3/t16-/m1/s1. The van der Waals surface area contributed by atoms with E-state index in [1.54, 1.807) is 0 Å². The van der Waals surface area contributed by atoms with Gasteiger partial charge in [-0.2, -0.15) is 0 Å². The number of likely N-dealkylation sites (tertiary alicyclic amines) is 1. The Bertz CT molecular complexity index is 564. The molecule has 3 aliphatic rings. The molecule has 1 saturated heterocycles. The highest BCUT2D eigenvalue weighted by molar-refractivity contribution is 5.97. The molecule has 4 rings (SSSR count). The fraction of sp³-hybridized carbons (Fsp3) is 0.611. The van der Waals surface area contributed by atoms with Crippen LogP contribution in [0.2, 0.25) is 0 Å². The number of nitrogens with zero attached hydrogens (tertiary/aromatic N) is 2. The number of aryl methyl sites for hydroxylation is 1. The zero-order chi connectivity index (χ0) is 14.4. The van der Waals surface area contributed by atoms with Gasteiger partial charge in [-0.3, -0.25) is 9.69 Å². The molecule has 0 radical (unpaired) electrons. The second kappa shape index (κ2) is 5.13. The average molecular weight is 284 g/mol. The van der Waals surface area contributed by atoms with E-state index in [2.05, 4.69) is 28.9 Å². The maximum atomic E-state index is 12.8. The van der Waals surface area contributed by atoms with Crippen LogP contribution in [0, 0.1) is 6.92 Å². The third kappa shape index (κ3) is 2.28. The quantitative estimate of drug-likeness (QED) is 0.833. The van der Waals surface area contributed by atoms with Crippen molar-refractivity contribution < 1.29 is 4.79 Å². The van der Waals surface area contributed by atoms with Crippen molar-refractivity contribution in [3.63, 3.8) is 0 Å². The Morgan fingerprint density at radius 2 is 1.95 bits per heavy atom. The number of rotatable bonds is 2. The van der Waals surface area contributed by atoms with E-state index in [4.69, 9.17) is 0 Å². The summed E-state index contributed by atoms with van der Waals surface area (Å²) in [7, 11) is 0. The minimum atomic E-state index is 0.261. The lowest BCUT2D eigenvalue weighted by Gasteiger charge is -2.37. The molecule has 1 atom stereocenters. The minimum absolute atomic E-state index is 0.261. The topological polar surface area (TPSA) is 23.6 Å². The molecule has 2 fully saturated rings. The summed E-state index contributed by atoms with van der Waals surface area (Å²) in [5.41, 5.74) is 3.44. The zero-order valence-electron chi connectivity index (χ0n) is 12.8. The van der Waals surface area contributed by atoms with Gasteiger partial charge in [0.25, 0.3) is 5.91 Å². The molecule has 2 heterocycles. The van der Waals surface area contributed by atoms with Crippen LogP contribution in [-0.2, 0) is 6.42 Å². The molecular weight excluding hydrogens is 260 g/mol. The number of carbonyl (C=O) groups excluding carboxylic acids is 1. The molecule has 21 heavy (non-hydrogen) atoms. The van der Waals surface area contributed by atoms with E-state index in [9.17, 15) is 4.79 Å². The summed E-state index contributed by atoms with van der Waals surface area (Å²) in [6.45, 7) is 5.28. The van der Waals surface area contributed by atoms with Gasteiger partial charge in [0.2, 0.25) is 0 Å². The zero-order valence-corrected chi connectivity index (χ0v) is 12.8. The predicted octanol–water partition coefficient (Wildman–Crippen LogP) is 2.62. The molecule has 3 heteroatoms. The van der Waals surface area contributed by atoms with Gasteiger partial charge in [0.1, 0.15) is 0 Å². The summed E-state index contributed by atoms with van der Waals surface area (Å²) in [6, 6.07) is 7.52. The van der Waals surface area contributed by atoms with Crippen LogP contribution in [0.4, 0.5) is 0 Å². The minimum Gasteiger partial charge on any atom is -0.334 e. The van der Waals surface area contributed by atoms with Crippen LogP contribution in [0.1, 0.15) is 47.2 Å². The maximum absolute atomic E-state index is 12.8. The molecule has 0 aromatic heterocycles. The molecule has 3 nitrogen and oxygen atoms in total. The fourth-order valence-electron chi connectivity index (χ4n) is 4.09. The van der Waals surface area contributed by atoms with E-state index in [1.807, 2.05) is 6.07 Å². The predicted molar refractivity (Wildman–Crippen MR) is 83.5 cm³/mol. The van der Waals surface area contributed by atoms with Crippen LogP contribution >= 0.6 is 0 Å². The van der Waals surface area contributed by atoms with Crippen molar-refractivity contribution in [2.24, 2.45) is 0 Å². The van der Waals surface area contributed by atoms with Crippen LogP contribution < -0.4 is 0 Å². The van der Waals surface area contributed by atoms with Gasteiger partial charge < -0.3 is 4.90 Å². The highest BCUT2D eigenvalue weighted by atomic mass is 16.2. The second-order valence-electron chi connectivity index (χ2n) is 6.93. The summed E-state index contributed by atoms with van der Waals surface area (Å²) in [6.07, 6.45) is 6.29. The molecule has 0 unspecified atom stereocenters. The Morgan fingerprint density at radius 1 is 1.10 bits per heavy atom. The van der Waals surface area contributed by atoms with E-state index in [0.29, 0.717) is 6.04 Å². The Labute approximate surface area is 126 Å². The van der Waals surface area contributed by atoms with Gasteiger partial charge in [-0.15, -0.1) is 0 Å². The van der Waals surface area contributed by atoms with Crippen molar-refractivity contribution >= 4 is 5.91 Å². The van der Waals surface area contributed by atoms with E-state index in [0.717, 1.165) is 37.5 Å². The van der Waals surface area contributed by atoms with E-state index in [1.165, 1.54) is 36.9 Å². The van der Waals surface area contributed by atoms with Crippen molar-refractivity contribution in [3.05, 3.63) is 34.9 Å². The third-order valence-corrected chi connectivity index (χ3v) is 5.60. The van der Waals surface area contributed by atoms with Crippen LogP contribution in [-0.4, -0.2) is 47.4 Å². The monoisotopic (exact) mass is 284 g/mol. The highest BCUT2D eigenvalue weighted by Gasteiger charge is 2.37. The first-order valence-corrected chi connectivity index (χ1v) is 8.37. The van der Waals surface area contributed by atoms with Crippen molar-refractivity contribution in [1.29, 1.82) is 0 Å². The molecule has 0 bridgehead atoms. The Balaban J connectivity index is 1.49. The van der Waals surface area contributed by atoms with Gasteiger partial charge in [-0.1, -0.05) is 24.1 Å². The molecule has 1 aromatic carbocycles. The van der Waals surface area contributed by atoms with Gasteiger partial charge in [-0.25, -0.2) is 0 Å². The summed E-state index contributed by atoms with van der Waals surface area (Å²) >= 11 is 0. The Hall–Kier alpha value is -1.35. The molecule has 1 saturated carbocycles. The number of benzene rings is 1. The molecule has 1 aliphatic carbocycles. The van der Waals surface area contributed by atoms with Crippen molar-refractivity contribution in [2.75, 3.05) is 19.6 Å². The maximum Gasteiger partial charge on any atom is 0.254 e.